The van der Waals surface area contributed by atoms with E-state index >= 15 is 0 Å². The molecule has 1 aromatic rings. The summed E-state index contributed by atoms with van der Waals surface area (Å²) in [5.41, 5.74) is -1.47. The van der Waals surface area contributed by atoms with Crippen LogP contribution in [0.1, 0.15) is 99.2 Å². The van der Waals surface area contributed by atoms with Crippen LogP contribution in [0.15, 0.2) is 54.1 Å². The average molecular weight is 756 g/mol. The summed E-state index contributed by atoms with van der Waals surface area (Å²) < 4.78 is 23.3. The fraction of sp³-hybridized carbons (Fsp3) is 0.634. The van der Waals surface area contributed by atoms with Gasteiger partial charge in [0.15, 0.2) is 11.6 Å². The Morgan fingerprint density at radius 1 is 1.11 bits per heavy atom. The van der Waals surface area contributed by atoms with Crippen molar-refractivity contribution in [2.75, 3.05) is 20.8 Å². The molecule has 2 aliphatic heterocycles. The molecule has 54 heavy (non-hydrogen) atoms. The third-order valence-corrected chi connectivity index (χ3v) is 10.4. The SMILES string of the molecule is CCCCC(=O)OC[C@H]1NC(=O)[C@H]([C@@H](C)CC)N(C)C(=O)[C@]2(C)O[C@H]2C[C@@H](OC)/C(C)=C/C=C/[C@@H](C)[C@@H](c2ccccc2)OC(=O)[C@H](C(C)(C)O)NC1=O. The van der Waals surface area contributed by atoms with E-state index in [1.165, 1.54) is 25.8 Å². The lowest BCUT2D eigenvalue weighted by Crippen LogP contribution is -2.62. The van der Waals surface area contributed by atoms with Crippen LogP contribution in [0.25, 0.3) is 0 Å². The molecular formula is C41H61N3O10. The number of rotatable bonds is 10. The first-order valence-electron chi connectivity index (χ1n) is 19.0. The van der Waals surface area contributed by atoms with Crippen LogP contribution in [-0.4, -0.2) is 102 Å². The minimum atomic E-state index is -1.83. The van der Waals surface area contributed by atoms with Crippen molar-refractivity contribution in [1.29, 1.82) is 0 Å². The highest BCUT2D eigenvalue weighted by molar-refractivity contribution is 5.96. The molecule has 0 saturated carbocycles. The van der Waals surface area contributed by atoms with Gasteiger partial charge in [-0.05, 0) is 51.2 Å². The van der Waals surface area contributed by atoms with E-state index in [4.69, 9.17) is 18.9 Å². The van der Waals surface area contributed by atoms with Gasteiger partial charge in [0.2, 0.25) is 11.8 Å². The summed E-state index contributed by atoms with van der Waals surface area (Å²) in [6.07, 6.45) is 6.24. The lowest BCUT2D eigenvalue weighted by molar-refractivity contribution is -0.162. The zero-order valence-electron chi connectivity index (χ0n) is 33.5. The van der Waals surface area contributed by atoms with Crippen LogP contribution in [-0.2, 0) is 42.9 Å². The minimum Gasteiger partial charge on any atom is -0.463 e. The van der Waals surface area contributed by atoms with Crippen LogP contribution in [0.5, 0.6) is 0 Å². The third kappa shape index (κ3) is 11.5. The molecular weight excluding hydrogens is 694 g/mol. The lowest BCUT2D eigenvalue weighted by atomic mass is 9.93. The maximum absolute atomic E-state index is 14.2. The highest BCUT2D eigenvalue weighted by Crippen LogP contribution is 2.42. The van der Waals surface area contributed by atoms with Crippen molar-refractivity contribution < 1.29 is 48.0 Å². The van der Waals surface area contributed by atoms with Gasteiger partial charge < -0.3 is 39.6 Å². The van der Waals surface area contributed by atoms with Gasteiger partial charge in [-0.3, -0.25) is 19.2 Å². The van der Waals surface area contributed by atoms with Crippen molar-refractivity contribution in [1.82, 2.24) is 15.5 Å². The lowest BCUT2D eigenvalue weighted by Gasteiger charge is -2.34. The van der Waals surface area contributed by atoms with E-state index in [0.717, 1.165) is 12.0 Å². The number of fused-ring (bicyclic) bond motifs is 1. The number of aliphatic hydroxyl groups is 1. The first-order chi connectivity index (χ1) is 25.4. The van der Waals surface area contributed by atoms with Crippen LogP contribution < -0.4 is 10.6 Å². The summed E-state index contributed by atoms with van der Waals surface area (Å²) in [4.78, 5) is 70.1. The van der Waals surface area contributed by atoms with E-state index < -0.39 is 77.8 Å². The zero-order chi connectivity index (χ0) is 40.4. The molecule has 9 atom stereocenters. The standard InChI is InChI=1S/C41H61N3O10/c1-11-13-22-32(45)52-24-29-36(46)43-35(40(6,7)50)38(48)53-34(28-20-15-14-16-21-28)27(5)19-17-18-26(4)30(51-10)23-31-41(8,54-31)39(49)44(9)33(25(3)12-2)37(47)42-29/h14-21,25,27,29-31,33-35,50H,11-13,22-24H2,1-10H3,(H,42,47)(H,43,46)/b19-17+,26-18+/t25-,27+,29+,30+,31-,33-,34-,35+,41+/m0/s1. The highest BCUT2D eigenvalue weighted by Gasteiger charge is 2.61. The van der Waals surface area contributed by atoms with Gasteiger partial charge in [0.1, 0.15) is 24.8 Å². The van der Waals surface area contributed by atoms with E-state index in [2.05, 4.69) is 10.6 Å². The Morgan fingerprint density at radius 2 is 1.78 bits per heavy atom. The number of hydrogen-bond donors (Lipinski definition) is 3. The van der Waals surface area contributed by atoms with Crippen molar-refractivity contribution in [2.45, 2.75) is 135 Å². The van der Waals surface area contributed by atoms with E-state index in [0.29, 0.717) is 24.8 Å². The topological polar surface area (TPSA) is 173 Å². The summed E-state index contributed by atoms with van der Waals surface area (Å²) in [6.45, 7) is 13.2. The van der Waals surface area contributed by atoms with Gasteiger partial charge in [-0.1, -0.05) is 89.1 Å². The number of carbonyl (C=O) groups excluding carboxylic acids is 5. The van der Waals surface area contributed by atoms with E-state index in [1.807, 2.05) is 83.2 Å². The van der Waals surface area contributed by atoms with E-state index in [-0.39, 0.29) is 24.4 Å². The summed E-state index contributed by atoms with van der Waals surface area (Å²) in [5.74, 6) is -4.19. The number of hydrogen-bond acceptors (Lipinski definition) is 10. The number of carbonyl (C=O) groups is 5. The Bertz CT molecular complexity index is 1520. The second-order valence-corrected chi connectivity index (χ2v) is 15.3. The number of nitrogens with one attached hydrogen (secondary N) is 2. The number of cyclic esters (lactones) is 1. The molecule has 13 heteroatoms. The van der Waals surface area contributed by atoms with Crippen LogP contribution in [0.2, 0.25) is 0 Å². The van der Waals surface area contributed by atoms with Crippen molar-refractivity contribution in [2.24, 2.45) is 11.8 Å². The second-order valence-electron chi connectivity index (χ2n) is 15.3. The first kappa shape index (κ1) is 44.3. The summed E-state index contributed by atoms with van der Waals surface area (Å²) in [5, 5.41) is 16.5. The number of amides is 3. The molecule has 3 amide bonds. The Kier molecular flexibility index (Phi) is 16.0. The Hall–Kier alpha value is -4.07. The molecule has 0 aliphatic carbocycles. The molecule has 1 aromatic carbocycles. The molecule has 0 spiro atoms. The van der Waals surface area contributed by atoms with Crippen molar-refractivity contribution in [3.63, 3.8) is 0 Å². The van der Waals surface area contributed by atoms with Crippen LogP contribution in [0.4, 0.5) is 0 Å². The molecule has 0 unspecified atom stereocenters. The normalized spacial score (nSPS) is 31.4. The van der Waals surface area contributed by atoms with E-state index in [9.17, 15) is 29.1 Å². The smallest absolute Gasteiger partial charge is 0.332 e. The molecule has 3 rings (SSSR count). The number of epoxide rings is 1. The third-order valence-electron chi connectivity index (χ3n) is 10.4. The minimum absolute atomic E-state index is 0.108. The van der Waals surface area contributed by atoms with Gasteiger partial charge in [0.25, 0.3) is 5.91 Å². The largest absolute Gasteiger partial charge is 0.463 e. The van der Waals surface area contributed by atoms with Gasteiger partial charge in [-0.2, -0.15) is 0 Å². The number of allylic oxidation sites excluding steroid dienone is 2. The fourth-order valence-electron chi connectivity index (χ4n) is 6.58. The summed E-state index contributed by atoms with van der Waals surface area (Å²) >= 11 is 0. The Balaban J connectivity index is 2.12. The monoisotopic (exact) mass is 755 g/mol. The summed E-state index contributed by atoms with van der Waals surface area (Å²) in [6, 6.07) is 4.98. The molecule has 1 saturated heterocycles. The van der Waals surface area contributed by atoms with Crippen molar-refractivity contribution in [3.05, 3.63) is 59.7 Å². The Morgan fingerprint density at radius 3 is 2.37 bits per heavy atom. The predicted octanol–water partition coefficient (Wildman–Crippen LogP) is 4.33. The van der Waals surface area contributed by atoms with Gasteiger partial charge in [0, 0.05) is 32.9 Å². The molecule has 0 aromatic heterocycles. The molecule has 1 fully saturated rings. The molecule has 2 aliphatic rings. The molecule has 3 N–H and O–H groups in total. The number of esters is 2. The van der Waals surface area contributed by atoms with E-state index in [1.54, 1.807) is 14.0 Å². The molecule has 2 heterocycles. The van der Waals surface area contributed by atoms with Crippen LogP contribution >= 0.6 is 0 Å². The zero-order valence-corrected chi connectivity index (χ0v) is 33.5. The van der Waals surface area contributed by atoms with Crippen molar-refractivity contribution in [3.8, 4) is 0 Å². The molecule has 0 bridgehead atoms. The maximum Gasteiger partial charge on any atom is 0.332 e. The van der Waals surface area contributed by atoms with Gasteiger partial charge >= 0.3 is 11.9 Å². The number of unbranched alkanes of at least 4 members (excludes halogenated alkanes) is 1. The first-order valence-corrected chi connectivity index (χ1v) is 19.0. The number of benzene rings is 1. The summed E-state index contributed by atoms with van der Waals surface area (Å²) in [7, 11) is 3.11. The fourth-order valence-corrected chi connectivity index (χ4v) is 6.58. The Labute approximate surface area is 320 Å². The predicted molar refractivity (Wildman–Crippen MR) is 203 cm³/mol. The van der Waals surface area contributed by atoms with Crippen LogP contribution in [0, 0.1) is 11.8 Å². The second kappa shape index (κ2) is 19.5. The van der Waals surface area contributed by atoms with Gasteiger partial charge in [-0.15, -0.1) is 0 Å². The number of ether oxygens (including phenoxy) is 4. The quantitative estimate of drug-likeness (QED) is 0.231. The number of methoxy groups -OCH3 is 1. The highest BCUT2D eigenvalue weighted by atomic mass is 16.6. The maximum atomic E-state index is 14.2. The van der Waals surface area contributed by atoms with Crippen LogP contribution in [0.3, 0.4) is 0 Å². The average Bonchev–Trinajstić information content (AvgIpc) is 3.80. The van der Waals surface area contributed by atoms with Gasteiger partial charge in [0.05, 0.1) is 17.8 Å². The molecule has 13 nitrogen and oxygen atoms in total. The number of nitrogens with zero attached hydrogens (tertiary/aromatic N) is 1. The number of likely N-dealkylation sites (N-methyl/N-ethyl adjacent to an activating group) is 1. The molecule has 300 valence electrons. The van der Waals surface area contributed by atoms with Gasteiger partial charge in [-0.25, -0.2) is 4.79 Å². The van der Waals surface area contributed by atoms with Crippen molar-refractivity contribution >= 4 is 29.7 Å². The molecule has 0 radical (unpaired) electrons.